The molecule has 1 aliphatic heterocycles. The molecule has 0 spiro atoms. The SMILES string of the molecule is S=C(Nc1cccnc1)N(Cc1cccs1)C[C@H]1CCCO1. The molecule has 2 aromatic heterocycles. The summed E-state index contributed by atoms with van der Waals surface area (Å²) in [7, 11) is 0. The number of ether oxygens (including phenoxy) is 1. The molecule has 1 N–H and O–H groups in total. The van der Waals surface area contributed by atoms with Crippen LogP contribution in [0.1, 0.15) is 17.7 Å². The predicted octanol–water partition coefficient (Wildman–Crippen LogP) is 3.52. The zero-order valence-electron chi connectivity index (χ0n) is 12.3. The Morgan fingerprint density at radius 3 is 3.09 bits per heavy atom. The Hall–Kier alpha value is -1.50. The van der Waals surface area contributed by atoms with Crippen molar-refractivity contribution in [3.8, 4) is 0 Å². The summed E-state index contributed by atoms with van der Waals surface area (Å²) < 4.78 is 5.76. The zero-order valence-corrected chi connectivity index (χ0v) is 13.9. The number of pyridine rings is 1. The van der Waals surface area contributed by atoms with Gasteiger partial charge in [0.05, 0.1) is 24.5 Å². The summed E-state index contributed by atoms with van der Waals surface area (Å²) in [5.74, 6) is 0. The number of nitrogens with one attached hydrogen (secondary N) is 1. The first-order valence-electron chi connectivity index (χ1n) is 7.41. The van der Waals surface area contributed by atoms with Gasteiger partial charge >= 0.3 is 0 Å². The summed E-state index contributed by atoms with van der Waals surface area (Å²) in [6, 6.07) is 8.07. The van der Waals surface area contributed by atoms with E-state index in [-0.39, 0.29) is 6.10 Å². The van der Waals surface area contributed by atoms with Crippen LogP contribution in [0.15, 0.2) is 42.0 Å². The minimum Gasteiger partial charge on any atom is -0.376 e. The van der Waals surface area contributed by atoms with Crippen LogP contribution in [0.3, 0.4) is 0 Å². The number of aromatic nitrogens is 1. The molecule has 1 aliphatic rings. The molecule has 6 heteroatoms. The average Bonchev–Trinajstić information content (AvgIpc) is 3.21. The summed E-state index contributed by atoms with van der Waals surface area (Å²) in [5.41, 5.74) is 0.913. The first kappa shape index (κ1) is 15.4. The van der Waals surface area contributed by atoms with Crippen molar-refractivity contribution in [2.45, 2.75) is 25.5 Å². The first-order chi connectivity index (χ1) is 10.8. The molecule has 1 fully saturated rings. The van der Waals surface area contributed by atoms with Crippen LogP contribution < -0.4 is 5.32 Å². The molecule has 2 aromatic rings. The van der Waals surface area contributed by atoms with E-state index in [4.69, 9.17) is 17.0 Å². The van der Waals surface area contributed by atoms with Crippen LogP contribution in [0.4, 0.5) is 5.69 Å². The molecule has 4 nitrogen and oxygen atoms in total. The molecule has 0 aromatic carbocycles. The summed E-state index contributed by atoms with van der Waals surface area (Å²) in [6.45, 7) is 2.49. The van der Waals surface area contributed by atoms with E-state index in [0.29, 0.717) is 0 Å². The van der Waals surface area contributed by atoms with Crippen LogP contribution in [0.5, 0.6) is 0 Å². The number of hydrogen-bond acceptors (Lipinski definition) is 4. The molecule has 22 heavy (non-hydrogen) atoms. The molecule has 116 valence electrons. The van der Waals surface area contributed by atoms with E-state index in [1.807, 2.05) is 12.1 Å². The van der Waals surface area contributed by atoms with E-state index in [0.717, 1.165) is 43.3 Å². The lowest BCUT2D eigenvalue weighted by atomic mass is 10.2. The van der Waals surface area contributed by atoms with Gasteiger partial charge in [-0.2, -0.15) is 0 Å². The topological polar surface area (TPSA) is 37.4 Å². The highest BCUT2D eigenvalue weighted by Crippen LogP contribution is 2.18. The highest BCUT2D eigenvalue weighted by atomic mass is 32.1. The van der Waals surface area contributed by atoms with Crippen LogP contribution in [0.25, 0.3) is 0 Å². The fourth-order valence-electron chi connectivity index (χ4n) is 2.48. The van der Waals surface area contributed by atoms with Crippen molar-refractivity contribution >= 4 is 34.4 Å². The first-order valence-corrected chi connectivity index (χ1v) is 8.70. The van der Waals surface area contributed by atoms with Crippen molar-refractivity contribution < 1.29 is 4.74 Å². The lowest BCUT2D eigenvalue weighted by Crippen LogP contribution is -2.39. The van der Waals surface area contributed by atoms with Crippen LogP contribution >= 0.6 is 23.6 Å². The third-order valence-corrected chi connectivity index (χ3v) is 4.80. The van der Waals surface area contributed by atoms with Gasteiger partial charge in [0, 0.05) is 24.2 Å². The van der Waals surface area contributed by atoms with Crippen molar-refractivity contribution in [2.75, 3.05) is 18.5 Å². The van der Waals surface area contributed by atoms with Crippen molar-refractivity contribution in [3.05, 3.63) is 46.9 Å². The van der Waals surface area contributed by atoms with Gasteiger partial charge in [0.25, 0.3) is 0 Å². The summed E-state index contributed by atoms with van der Waals surface area (Å²) in [5, 5.41) is 6.09. The Bertz CT molecular complexity index is 583. The Morgan fingerprint density at radius 2 is 2.41 bits per heavy atom. The molecule has 0 unspecified atom stereocenters. The molecule has 3 heterocycles. The van der Waals surface area contributed by atoms with Crippen LogP contribution in [0, 0.1) is 0 Å². The van der Waals surface area contributed by atoms with Crippen molar-refractivity contribution in [3.63, 3.8) is 0 Å². The molecule has 3 rings (SSSR count). The lowest BCUT2D eigenvalue weighted by Gasteiger charge is -2.27. The standard InChI is InChI=1S/C16H19N3OS2/c21-16(18-13-4-1-7-17-10-13)19(11-14-5-2-8-20-14)12-15-6-3-9-22-15/h1,3-4,6-7,9-10,14H,2,5,8,11-12H2,(H,18,21)/t14-/m1/s1. The second kappa shape index (κ2) is 7.67. The van der Waals surface area contributed by atoms with Gasteiger partial charge in [-0.05, 0) is 48.6 Å². The van der Waals surface area contributed by atoms with Gasteiger partial charge in [-0.1, -0.05) is 6.07 Å². The average molecular weight is 333 g/mol. The number of thiophene rings is 1. The highest BCUT2D eigenvalue weighted by Gasteiger charge is 2.21. The molecule has 0 aliphatic carbocycles. The molecular formula is C16H19N3OS2. The minimum absolute atomic E-state index is 0.272. The molecule has 1 saturated heterocycles. The van der Waals surface area contributed by atoms with Gasteiger partial charge in [0.2, 0.25) is 0 Å². The van der Waals surface area contributed by atoms with E-state index >= 15 is 0 Å². The summed E-state index contributed by atoms with van der Waals surface area (Å²) in [6.07, 6.45) is 6.05. The van der Waals surface area contributed by atoms with Gasteiger partial charge in [0.1, 0.15) is 0 Å². The van der Waals surface area contributed by atoms with Crippen molar-refractivity contribution in [1.29, 1.82) is 0 Å². The van der Waals surface area contributed by atoms with Gasteiger partial charge in [-0.25, -0.2) is 0 Å². The molecule has 0 saturated carbocycles. The van der Waals surface area contributed by atoms with E-state index in [1.165, 1.54) is 4.88 Å². The Labute approximate surface area is 140 Å². The zero-order chi connectivity index (χ0) is 15.2. The van der Waals surface area contributed by atoms with Crippen LogP contribution in [0.2, 0.25) is 0 Å². The Morgan fingerprint density at radius 1 is 1.45 bits per heavy atom. The largest absolute Gasteiger partial charge is 0.376 e. The second-order valence-electron chi connectivity index (χ2n) is 5.27. The molecule has 0 radical (unpaired) electrons. The second-order valence-corrected chi connectivity index (χ2v) is 6.69. The fourth-order valence-corrected chi connectivity index (χ4v) is 3.46. The maximum atomic E-state index is 5.76. The lowest BCUT2D eigenvalue weighted by molar-refractivity contribution is 0.0907. The summed E-state index contributed by atoms with van der Waals surface area (Å²) in [4.78, 5) is 7.60. The monoisotopic (exact) mass is 333 g/mol. The van der Waals surface area contributed by atoms with E-state index in [2.05, 4.69) is 32.7 Å². The van der Waals surface area contributed by atoms with Crippen molar-refractivity contribution in [1.82, 2.24) is 9.88 Å². The van der Waals surface area contributed by atoms with E-state index in [1.54, 1.807) is 23.7 Å². The van der Waals surface area contributed by atoms with E-state index in [9.17, 15) is 0 Å². The third-order valence-electron chi connectivity index (χ3n) is 3.57. The Balaban J connectivity index is 1.67. The Kier molecular flexibility index (Phi) is 5.37. The van der Waals surface area contributed by atoms with E-state index < -0.39 is 0 Å². The van der Waals surface area contributed by atoms with Gasteiger partial charge in [-0.15, -0.1) is 11.3 Å². The maximum absolute atomic E-state index is 5.76. The minimum atomic E-state index is 0.272. The van der Waals surface area contributed by atoms with Gasteiger partial charge < -0.3 is 15.0 Å². The number of hydrogen-bond donors (Lipinski definition) is 1. The number of rotatable bonds is 5. The van der Waals surface area contributed by atoms with Gasteiger partial charge in [-0.3, -0.25) is 4.98 Å². The number of thiocarbonyl (C=S) groups is 1. The highest BCUT2D eigenvalue weighted by molar-refractivity contribution is 7.80. The summed E-state index contributed by atoms with van der Waals surface area (Å²) >= 11 is 7.35. The number of nitrogens with zero attached hydrogens (tertiary/aromatic N) is 2. The molecular weight excluding hydrogens is 314 g/mol. The maximum Gasteiger partial charge on any atom is 0.173 e. The van der Waals surface area contributed by atoms with Crippen molar-refractivity contribution in [2.24, 2.45) is 0 Å². The quantitative estimate of drug-likeness (QED) is 0.848. The van der Waals surface area contributed by atoms with Gasteiger partial charge in [0.15, 0.2) is 5.11 Å². The van der Waals surface area contributed by atoms with Crippen LogP contribution in [-0.4, -0.2) is 34.3 Å². The smallest absolute Gasteiger partial charge is 0.173 e. The molecule has 0 bridgehead atoms. The third kappa shape index (κ3) is 4.25. The fraction of sp³-hybridized carbons (Fsp3) is 0.375. The number of anilines is 1. The molecule has 0 amide bonds. The molecule has 1 atom stereocenters. The normalized spacial score (nSPS) is 17.4. The van der Waals surface area contributed by atoms with Crippen LogP contribution in [-0.2, 0) is 11.3 Å². The predicted molar refractivity (Wildman–Crippen MR) is 94.2 cm³/mol.